The molecule has 1 aromatic rings. The highest BCUT2D eigenvalue weighted by Crippen LogP contribution is 2.33. The van der Waals surface area contributed by atoms with Crippen LogP contribution in [0.5, 0.6) is 0 Å². The molecule has 2 amide bonds. The largest absolute Gasteiger partial charge is 0.480 e. The van der Waals surface area contributed by atoms with Gasteiger partial charge in [0, 0.05) is 4.88 Å². The van der Waals surface area contributed by atoms with Gasteiger partial charge in [0.2, 0.25) is 0 Å². The highest BCUT2D eigenvalue weighted by atomic mass is 32.1. The third-order valence-corrected chi connectivity index (χ3v) is 4.11. The molecule has 104 valence electrons. The van der Waals surface area contributed by atoms with E-state index in [0.29, 0.717) is 17.5 Å². The number of aromatic nitrogens is 1. The Kier molecular flexibility index (Phi) is 4.04. The summed E-state index contributed by atoms with van der Waals surface area (Å²) in [6.45, 7) is 3.78. The lowest BCUT2D eigenvalue weighted by molar-refractivity contribution is -0.139. The van der Waals surface area contributed by atoms with Gasteiger partial charge < -0.3 is 10.4 Å². The predicted octanol–water partition coefficient (Wildman–Crippen LogP) is 2.13. The Hall–Kier alpha value is -1.63. The van der Waals surface area contributed by atoms with E-state index in [2.05, 4.69) is 15.6 Å². The van der Waals surface area contributed by atoms with Crippen LogP contribution in [-0.4, -0.2) is 28.1 Å². The van der Waals surface area contributed by atoms with Crippen molar-refractivity contribution in [3.05, 3.63) is 10.6 Å². The molecule has 0 spiro atoms. The normalized spacial score (nSPS) is 15.9. The average Bonchev–Trinajstić information content (AvgIpc) is 3.06. The number of nitrogens with one attached hydrogen (secondary N) is 2. The van der Waals surface area contributed by atoms with Gasteiger partial charge >= 0.3 is 12.0 Å². The minimum absolute atomic E-state index is 0.436. The molecule has 0 aromatic carbocycles. The van der Waals surface area contributed by atoms with Gasteiger partial charge in [-0.3, -0.25) is 5.32 Å². The third-order valence-electron chi connectivity index (χ3n) is 3.12. The first-order valence-electron chi connectivity index (χ1n) is 6.20. The number of carbonyl (C=O) groups excluding carboxylic acids is 1. The van der Waals surface area contributed by atoms with Gasteiger partial charge in [-0.05, 0) is 26.2 Å². The Morgan fingerprint density at radius 2 is 2.16 bits per heavy atom. The second-order valence-electron chi connectivity index (χ2n) is 4.83. The number of urea groups is 1. The molecular formula is C12H17N3O3S. The van der Waals surface area contributed by atoms with Crippen molar-refractivity contribution < 1.29 is 14.7 Å². The number of anilines is 1. The maximum atomic E-state index is 11.7. The van der Waals surface area contributed by atoms with Crippen molar-refractivity contribution in [3.8, 4) is 0 Å². The maximum Gasteiger partial charge on any atom is 0.326 e. The number of carboxylic acid groups (broad SMARTS) is 1. The van der Waals surface area contributed by atoms with Crippen LogP contribution in [0.3, 0.4) is 0 Å². The molecule has 0 radical (unpaired) electrons. The van der Waals surface area contributed by atoms with Crippen molar-refractivity contribution in [2.75, 3.05) is 5.32 Å². The first-order chi connectivity index (χ1) is 8.95. The summed E-state index contributed by atoms with van der Waals surface area (Å²) < 4.78 is 0. The topological polar surface area (TPSA) is 91.3 Å². The van der Waals surface area contributed by atoms with E-state index in [1.54, 1.807) is 0 Å². The minimum Gasteiger partial charge on any atom is -0.480 e. The lowest BCUT2D eigenvalue weighted by atomic mass is 10.1. The molecule has 0 unspecified atom stereocenters. The molecule has 7 heteroatoms. The number of carbonyl (C=O) groups is 2. The summed E-state index contributed by atoms with van der Waals surface area (Å²) in [6.07, 6.45) is 2.61. The van der Waals surface area contributed by atoms with Gasteiger partial charge in [-0.15, -0.1) is 11.3 Å². The number of thiazole rings is 1. The van der Waals surface area contributed by atoms with Gasteiger partial charge in [0.25, 0.3) is 0 Å². The van der Waals surface area contributed by atoms with E-state index in [-0.39, 0.29) is 0 Å². The molecular weight excluding hydrogens is 266 g/mol. The van der Waals surface area contributed by atoms with Crippen LogP contribution in [0.2, 0.25) is 0 Å². The number of aliphatic carboxylic acids is 1. The number of hydrogen-bond acceptors (Lipinski definition) is 4. The van der Waals surface area contributed by atoms with E-state index in [1.807, 2.05) is 13.8 Å². The zero-order valence-corrected chi connectivity index (χ0v) is 11.7. The highest BCUT2D eigenvalue weighted by molar-refractivity contribution is 7.15. The van der Waals surface area contributed by atoms with Gasteiger partial charge in [0.15, 0.2) is 5.13 Å². The Morgan fingerprint density at radius 1 is 1.47 bits per heavy atom. The summed E-state index contributed by atoms with van der Waals surface area (Å²) in [5.74, 6) is -0.556. The predicted molar refractivity (Wildman–Crippen MR) is 72.5 cm³/mol. The summed E-state index contributed by atoms with van der Waals surface area (Å²) in [5, 5.41) is 14.6. The summed E-state index contributed by atoms with van der Waals surface area (Å²) in [6, 6.07) is -1.34. The average molecular weight is 283 g/mol. The second-order valence-corrected chi connectivity index (χ2v) is 6.03. The molecule has 2 rings (SSSR count). The molecule has 3 N–H and O–H groups in total. The van der Waals surface area contributed by atoms with Crippen molar-refractivity contribution in [1.82, 2.24) is 10.3 Å². The van der Waals surface area contributed by atoms with Crippen LogP contribution in [0.4, 0.5) is 9.93 Å². The van der Waals surface area contributed by atoms with E-state index in [4.69, 9.17) is 5.11 Å². The first-order valence-corrected chi connectivity index (χ1v) is 7.01. The fourth-order valence-electron chi connectivity index (χ4n) is 1.73. The zero-order valence-electron chi connectivity index (χ0n) is 10.9. The van der Waals surface area contributed by atoms with Crippen LogP contribution in [0.25, 0.3) is 0 Å². The fraction of sp³-hybridized carbons (Fsp3) is 0.583. The first kappa shape index (κ1) is 13.8. The monoisotopic (exact) mass is 283 g/mol. The molecule has 0 bridgehead atoms. The van der Waals surface area contributed by atoms with Gasteiger partial charge in [-0.25, -0.2) is 14.6 Å². The lowest BCUT2D eigenvalue weighted by Gasteiger charge is -2.13. The molecule has 1 aromatic heterocycles. The van der Waals surface area contributed by atoms with E-state index < -0.39 is 18.0 Å². The van der Waals surface area contributed by atoms with Crippen LogP contribution < -0.4 is 10.6 Å². The van der Waals surface area contributed by atoms with Crippen molar-refractivity contribution in [1.29, 1.82) is 0 Å². The maximum absolute atomic E-state index is 11.7. The van der Waals surface area contributed by atoms with Crippen LogP contribution >= 0.6 is 11.3 Å². The quantitative estimate of drug-likeness (QED) is 0.772. The highest BCUT2D eigenvalue weighted by Gasteiger charge is 2.30. The Bertz CT molecular complexity index is 477. The van der Waals surface area contributed by atoms with Gasteiger partial charge in [-0.2, -0.15) is 0 Å². The van der Waals surface area contributed by atoms with E-state index in [1.165, 1.54) is 11.3 Å². The molecule has 0 saturated heterocycles. The van der Waals surface area contributed by atoms with Gasteiger partial charge in [0.1, 0.15) is 6.04 Å². The molecule has 1 atom stereocenters. The van der Waals surface area contributed by atoms with Gasteiger partial charge in [-0.1, -0.05) is 12.8 Å². The standard InChI is InChI=1S/C12H17N3O3S/c1-6-7(2)19-12(13-6)15-11(18)14-9(10(16)17)5-8-3-4-8/h8-9H,3-5H2,1-2H3,(H,16,17)(H2,13,14,15,18)/t9-/m0/s1. The van der Waals surface area contributed by atoms with Crippen LogP contribution in [0.15, 0.2) is 0 Å². The second kappa shape index (κ2) is 5.56. The Morgan fingerprint density at radius 3 is 2.63 bits per heavy atom. The number of aryl methyl sites for hydroxylation is 2. The molecule has 1 heterocycles. The number of amides is 2. The fourth-order valence-corrected chi connectivity index (χ4v) is 2.54. The number of rotatable bonds is 5. The minimum atomic E-state index is -0.992. The van der Waals surface area contributed by atoms with Gasteiger partial charge in [0.05, 0.1) is 5.69 Å². The van der Waals surface area contributed by atoms with Crippen LogP contribution in [0.1, 0.15) is 29.8 Å². The molecule has 0 aliphatic heterocycles. The van der Waals surface area contributed by atoms with Crippen LogP contribution in [-0.2, 0) is 4.79 Å². The summed E-state index contributed by atoms with van der Waals surface area (Å²) >= 11 is 1.37. The van der Waals surface area contributed by atoms with Crippen molar-refractivity contribution in [2.24, 2.45) is 5.92 Å². The smallest absolute Gasteiger partial charge is 0.326 e. The van der Waals surface area contributed by atoms with Crippen molar-refractivity contribution in [3.63, 3.8) is 0 Å². The summed E-state index contributed by atoms with van der Waals surface area (Å²) in [7, 11) is 0. The van der Waals surface area contributed by atoms with Crippen LogP contribution in [0, 0.1) is 19.8 Å². The molecule has 19 heavy (non-hydrogen) atoms. The number of carboxylic acids is 1. The molecule has 1 aliphatic carbocycles. The number of hydrogen-bond donors (Lipinski definition) is 3. The number of nitrogens with zero attached hydrogens (tertiary/aromatic N) is 1. The van der Waals surface area contributed by atoms with Crippen molar-refractivity contribution in [2.45, 2.75) is 39.2 Å². The van der Waals surface area contributed by atoms with Crippen molar-refractivity contribution >= 4 is 28.5 Å². The molecule has 1 aliphatic rings. The SMILES string of the molecule is Cc1nc(NC(=O)N[C@@H](CC2CC2)C(=O)O)sc1C. The Balaban J connectivity index is 1.89. The summed E-state index contributed by atoms with van der Waals surface area (Å²) in [4.78, 5) is 28.0. The Labute approximate surface area is 115 Å². The lowest BCUT2D eigenvalue weighted by Crippen LogP contribution is -2.43. The van der Waals surface area contributed by atoms with E-state index >= 15 is 0 Å². The molecule has 1 saturated carbocycles. The molecule has 1 fully saturated rings. The third kappa shape index (κ3) is 3.92. The molecule has 6 nitrogen and oxygen atoms in total. The van der Waals surface area contributed by atoms with E-state index in [9.17, 15) is 9.59 Å². The summed E-state index contributed by atoms with van der Waals surface area (Å²) in [5.41, 5.74) is 0.869. The van der Waals surface area contributed by atoms with E-state index in [0.717, 1.165) is 23.4 Å². The zero-order chi connectivity index (χ0) is 14.0.